The van der Waals surface area contributed by atoms with Crippen molar-refractivity contribution in [2.75, 3.05) is 0 Å². The van der Waals surface area contributed by atoms with E-state index in [1.165, 1.54) is 27.8 Å². The van der Waals surface area contributed by atoms with E-state index >= 15 is 0 Å². The Morgan fingerprint density at radius 3 is 1.96 bits per heavy atom. The van der Waals surface area contributed by atoms with Crippen LogP contribution in [0.5, 0.6) is 0 Å². The van der Waals surface area contributed by atoms with Crippen molar-refractivity contribution in [1.82, 2.24) is 0 Å². The minimum atomic E-state index is 0. The molecule has 1 atom stereocenters. The largest absolute Gasteiger partial charge is 2.00 e. The average Bonchev–Trinajstić information content (AvgIpc) is 3.22. The van der Waals surface area contributed by atoms with Crippen LogP contribution in [0.4, 0.5) is 0 Å². The van der Waals surface area contributed by atoms with Gasteiger partial charge in [-0.2, -0.15) is 0 Å². The van der Waals surface area contributed by atoms with Crippen molar-refractivity contribution < 1.29 is 51.0 Å². The average molecular weight is 489 g/mol. The smallest absolute Gasteiger partial charge is 1.00 e. The van der Waals surface area contributed by atoms with E-state index < -0.39 is 0 Å². The third kappa shape index (κ3) is 3.79. The number of halogens is 2. The van der Waals surface area contributed by atoms with Gasteiger partial charge in [-0.05, 0) is 48.4 Å². The van der Waals surface area contributed by atoms with E-state index in [1.807, 2.05) is 0 Å². The first-order valence-corrected chi connectivity index (χ1v) is 9.39. The van der Waals surface area contributed by atoms with Crippen molar-refractivity contribution in [3.63, 3.8) is 0 Å². The molecule has 4 rings (SSSR count). The predicted octanol–water partition coefficient (Wildman–Crippen LogP) is 1.05. The summed E-state index contributed by atoms with van der Waals surface area (Å²) >= 11 is 0. The maximum atomic E-state index is 4.13. The van der Waals surface area contributed by atoms with E-state index in [1.54, 1.807) is 5.57 Å². The van der Waals surface area contributed by atoms with Gasteiger partial charge in [0, 0.05) is 11.3 Å². The second kappa shape index (κ2) is 10.2. The zero-order valence-electron chi connectivity index (χ0n) is 16.5. The van der Waals surface area contributed by atoms with Crippen LogP contribution in [0.25, 0.3) is 11.1 Å². The molecule has 0 spiro atoms. The van der Waals surface area contributed by atoms with Gasteiger partial charge in [0.1, 0.15) is 0 Å². The zero-order chi connectivity index (χ0) is 17.4. The fraction of sp³-hybridized carbons (Fsp3) is 0.280. The number of hydrogen-bond acceptors (Lipinski definition) is 0. The van der Waals surface area contributed by atoms with Gasteiger partial charge in [0.05, 0.1) is 0 Å². The van der Waals surface area contributed by atoms with Crippen LogP contribution in [0.3, 0.4) is 0 Å². The van der Waals surface area contributed by atoms with Crippen molar-refractivity contribution >= 4 is 0 Å². The molecule has 0 nitrogen and oxygen atoms in total. The van der Waals surface area contributed by atoms with Gasteiger partial charge in [0.15, 0.2) is 0 Å². The van der Waals surface area contributed by atoms with Gasteiger partial charge in [-0.25, -0.2) is 0 Å². The molecule has 28 heavy (non-hydrogen) atoms. The Morgan fingerprint density at radius 1 is 1.00 bits per heavy atom. The summed E-state index contributed by atoms with van der Waals surface area (Å²) < 4.78 is 0. The molecule has 2 aliphatic rings. The summed E-state index contributed by atoms with van der Waals surface area (Å²) in [6.45, 7) is 8.76. The molecule has 0 saturated heterocycles. The Hall–Kier alpha value is -0.877. The second-order valence-corrected chi connectivity index (χ2v) is 7.38. The number of hydrogen-bond donors (Lipinski definition) is 0. The van der Waals surface area contributed by atoms with Crippen LogP contribution in [0.2, 0.25) is 0 Å². The molecule has 2 aliphatic carbocycles. The number of fused-ring (bicyclic) bond motifs is 3. The van der Waals surface area contributed by atoms with Crippen LogP contribution in [0.15, 0.2) is 84.5 Å². The molecule has 3 heteroatoms. The third-order valence-electron chi connectivity index (χ3n) is 6.29. The van der Waals surface area contributed by atoms with Crippen molar-refractivity contribution in [3.05, 3.63) is 95.6 Å². The fourth-order valence-electron chi connectivity index (χ4n) is 5.20. The molecular weight excluding hydrogens is 462 g/mol. The Labute approximate surface area is 201 Å². The summed E-state index contributed by atoms with van der Waals surface area (Å²) in [4.78, 5) is 0. The quantitative estimate of drug-likeness (QED) is 0.553. The van der Waals surface area contributed by atoms with E-state index in [4.69, 9.17) is 0 Å². The van der Waals surface area contributed by atoms with E-state index in [9.17, 15) is 0 Å². The number of rotatable bonds is 5. The minimum absolute atomic E-state index is 0. The summed E-state index contributed by atoms with van der Waals surface area (Å²) in [5.74, 6) is 0.410. The fourth-order valence-corrected chi connectivity index (χ4v) is 5.20. The number of benzene rings is 2. The summed E-state index contributed by atoms with van der Waals surface area (Å²) in [6.07, 6.45) is 9.98. The summed E-state index contributed by atoms with van der Waals surface area (Å²) in [7, 11) is 0. The standard InChI is InChI=1S/C25H26.2ClH.Zr/c1-4-17-25(5-2,23-16-10-11-18(23)3)24-21-14-8-6-12-19(21)20-13-7-9-15-22(20)24;;;/h4,6-15,24H,1,5,16-17H2,2-3H3;2*1H;/q;;;+2/p-2. The second-order valence-electron chi connectivity index (χ2n) is 7.38. The Kier molecular flexibility index (Phi) is 9.20. The van der Waals surface area contributed by atoms with Crippen LogP contribution in [-0.4, -0.2) is 0 Å². The Morgan fingerprint density at radius 2 is 1.54 bits per heavy atom. The predicted molar refractivity (Wildman–Crippen MR) is 108 cm³/mol. The first-order valence-electron chi connectivity index (χ1n) is 9.39. The van der Waals surface area contributed by atoms with Crippen LogP contribution >= 0.6 is 0 Å². The van der Waals surface area contributed by atoms with Crippen molar-refractivity contribution in [1.29, 1.82) is 0 Å². The summed E-state index contributed by atoms with van der Waals surface area (Å²) in [6, 6.07) is 18.0. The molecule has 0 aromatic heterocycles. The Balaban J connectivity index is 0.00000131. The normalized spacial score (nSPS) is 16.2. The van der Waals surface area contributed by atoms with Crippen LogP contribution in [0, 0.1) is 5.41 Å². The van der Waals surface area contributed by atoms with Crippen LogP contribution < -0.4 is 24.8 Å². The molecule has 0 aliphatic heterocycles. The molecule has 0 bridgehead atoms. The van der Waals surface area contributed by atoms with Gasteiger partial charge in [-0.15, -0.1) is 6.58 Å². The molecule has 1 unspecified atom stereocenters. The van der Waals surface area contributed by atoms with E-state index in [2.05, 4.69) is 87.2 Å². The molecule has 2 aromatic rings. The summed E-state index contributed by atoms with van der Waals surface area (Å²) in [5, 5.41) is 0. The summed E-state index contributed by atoms with van der Waals surface area (Å²) in [5.41, 5.74) is 8.96. The molecule has 144 valence electrons. The topological polar surface area (TPSA) is 0 Å². The van der Waals surface area contributed by atoms with Gasteiger partial charge in [-0.3, -0.25) is 0 Å². The van der Waals surface area contributed by atoms with Crippen LogP contribution in [-0.2, 0) is 26.2 Å². The molecule has 0 saturated carbocycles. The van der Waals surface area contributed by atoms with Crippen molar-refractivity contribution in [3.8, 4) is 11.1 Å². The molecule has 0 N–H and O–H groups in total. The monoisotopic (exact) mass is 486 g/mol. The van der Waals surface area contributed by atoms with Gasteiger partial charge < -0.3 is 24.8 Å². The van der Waals surface area contributed by atoms with E-state index in [-0.39, 0.29) is 56.4 Å². The molecule has 0 fully saturated rings. The van der Waals surface area contributed by atoms with Crippen molar-refractivity contribution in [2.45, 2.75) is 39.0 Å². The minimum Gasteiger partial charge on any atom is -1.00 e. The van der Waals surface area contributed by atoms with Gasteiger partial charge in [-0.1, -0.05) is 84.8 Å². The third-order valence-corrected chi connectivity index (χ3v) is 6.29. The molecule has 0 radical (unpaired) electrons. The molecular formula is C25H26Cl2Zr. The van der Waals surface area contributed by atoms with E-state index in [0.717, 1.165) is 19.3 Å². The first-order chi connectivity index (χ1) is 12.2. The molecule has 0 heterocycles. The first kappa shape index (κ1) is 25.2. The van der Waals surface area contributed by atoms with Gasteiger partial charge >= 0.3 is 26.2 Å². The zero-order valence-corrected chi connectivity index (χ0v) is 20.5. The van der Waals surface area contributed by atoms with Crippen molar-refractivity contribution in [2.24, 2.45) is 5.41 Å². The van der Waals surface area contributed by atoms with E-state index in [0.29, 0.717) is 5.92 Å². The SMILES string of the molecule is C=CCC(CC)(C1=C(C)C=CC1)C1c2ccccc2-c2ccccc21.[Cl-].[Cl-].[Zr+2]. The molecule has 0 amide bonds. The maximum absolute atomic E-state index is 4.13. The maximum Gasteiger partial charge on any atom is 2.00 e. The van der Waals surface area contributed by atoms with Gasteiger partial charge in [0.25, 0.3) is 0 Å². The van der Waals surface area contributed by atoms with Gasteiger partial charge in [0.2, 0.25) is 0 Å². The van der Waals surface area contributed by atoms with Crippen LogP contribution in [0.1, 0.15) is 50.2 Å². The molecule has 2 aromatic carbocycles. The number of allylic oxidation sites excluding steroid dienone is 5. The Bertz CT molecular complexity index is 851.